The Bertz CT molecular complexity index is 311. The van der Waals surface area contributed by atoms with Gasteiger partial charge in [0.15, 0.2) is 0 Å². The molecule has 3 nitrogen and oxygen atoms in total. The SMILES string of the molecule is CCSCc1ccc(CC(=O)NN)cc1. The molecule has 0 aliphatic carbocycles. The minimum atomic E-state index is -0.161. The maximum atomic E-state index is 11.0. The van der Waals surface area contributed by atoms with Gasteiger partial charge in [-0.05, 0) is 16.9 Å². The second kappa shape index (κ2) is 6.48. The highest BCUT2D eigenvalue weighted by Gasteiger charge is 2.00. The average molecular weight is 224 g/mol. The van der Waals surface area contributed by atoms with Gasteiger partial charge >= 0.3 is 0 Å². The van der Waals surface area contributed by atoms with Crippen molar-refractivity contribution in [1.82, 2.24) is 5.43 Å². The lowest BCUT2D eigenvalue weighted by atomic mass is 10.1. The summed E-state index contributed by atoms with van der Waals surface area (Å²) in [5.74, 6) is 7.00. The van der Waals surface area contributed by atoms with E-state index in [2.05, 4.69) is 24.5 Å². The molecule has 0 aromatic heterocycles. The lowest BCUT2D eigenvalue weighted by Crippen LogP contribution is -2.31. The van der Waals surface area contributed by atoms with Gasteiger partial charge in [-0.25, -0.2) is 5.84 Å². The summed E-state index contributed by atoms with van der Waals surface area (Å²) in [6.07, 6.45) is 0.345. The molecule has 82 valence electrons. The Labute approximate surface area is 94.4 Å². The third kappa shape index (κ3) is 4.36. The van der Waals surface area contributed by atoms with Crippen LogP contribution in [0.5, 0.6) is 0 Å². The van der Waals surface area contributed by atoms with Crippen LogP contribution in [-0.4, -0.2) is 11.7 Å². The second-order valence-electron chi connectivity index (χ2n) is 3.20. The van der Waals surface area contributed by atoms with E-state index in [1.165, 1.54) is 5.56 Å². The fourth-order valence-corrected chi connectivity index (χ4v) is 1.84. The molecule has 15 heavy (non-hydrogen) atoms. The number of nitrogens with two attached hydrogens (primary N) is 1. The number of hydrogen-bond acceptors (Lipinski definition) is 3. The van der Waals surface area contributed by atoms with Crippen molar-refractivity contribution >= 4 is 17.7 Å². The third-order valence-corrected chi connectivity index (χ3v) is 2.97. The number of carbonyl (C=O) groups excluding carboxylic acids is 1. The van der Waals surface area contributed by atoms with Crippen LogP contribution in [-0.2, 0) is 17.0 Å². The fraction of sp³-hybridized carbons (Fsp3) is 0.364. The van der Waals surface area contributed by atoms with Crippen LogP contribution in [0.25, 0.3) is 0 Å². The molecular formula is C11H16N2OS. The molecule has 1 aromatic carbocycles. The van der Waals surface area contributed by atoms with Gasteiger partial charge in [0.1, 0.15) is 0 Å². The Hall–Kier alpha value is -1.00. The molecule has 0 atom stereocenters. The summed E-state index contributed by atoms with van der Waals surface area (Å²) in [5, 5.41) is 0. The van der Waals surface area contributed by atoms with Gasteiger partial charge in [0.2, 0.25) is 5.91 Å². The Morgan fingerprint density at radius 1 is 1.33 bits per heavy atom. The van der Waals surface area contributed by atoms with E-state index in [1.807, 2.05) is 23.9 Å². The Morgan fingerprint density at radius 3 is 2.47 bits per heavy atom. The molecule has 0 aliphatic rings. The van der Waals surface area contributed by atoms with Crippen LogP contribution in [0.4, 0.5) is 0 Å². The molecular weight excluding hydrogens is 208 g/mol. The number of hydrazine groups is 1. The number of hydrogen-bond donors (Lipinski definition) is 2. The molecule has 1 aromatic rings. The smallest absolute Gasteiger partial charge is 0.238 e. The quantitative estimate of drug-likeness (QED) is 0.452. The monoisotopic (exact) mass is 224 g/mol. The molecule has 3 N–H and O–H groups in total. The van der Waals surface area contributed by atoms with E-state index < -0.39 is 0 Å². The van der Waals surface area contributed by atoms with E-state index in [0.29, 0.717) is 6.42 Å². The molecule has 0 heterocycles. The third-order valence-electron chi connectivity index (χ3n) is 2.02. The Kier molecular flexibility index (Phi) is 5.21. The molecule has 0 bridgehead atoms. The van der Waals surface area contributed by atoms with Crippen LogP contribution in [0, 0.1) is 0 Å². The molecule has 0 unspecified atom stereocenters. The van der Waals surface area contributed by atoms with Crippen LogP contribution in [0.3, 0.4) is 0 Å². The molecule has 0 radical (unpaired) electrons. The first-order chi connectivity index (χ1) is 7.26. The molecule has 4 heteroatoms. The maximum absolute atomic E-state index is 11.0. The lowest BCUT2D eigenvalue weighted by Gasteiger charge is -2.03. The van der Waals surface area contributed by atoms with E-state index >= 15 is 0 Å². The first kappa shape index (κ1) is 12.1. The molecule has 0 aliphatic heterocycles. The summed E-state index contributed by atoms with van der Waals surface area (Å²) in [5.41, 5.74) is 4.40. The van der Waals surface area contributed by atoms with E-state index in [0.717, 1.165) is 17.1 Å². The fourth-order valence-electron chi connectivity index (χ4n) is 1.21. The minimum Gasteiger partial charge on any atom is -0.294 e. The van der Waals surface area contributed by atoms with Crippen molar-refractivity contribution in [1.29, 1.82) is 0 Å². The normalized spacial score (nSPS) is 10.0. The van der Waals surface area contributed by atoms with Crippen LogP contribution in [0.2, 0.25) is 0 Å². The predicted molar refractivity (Wildman–Crippen MR) is 64.3 cm³/mol. The van der Waals surface area contributed by atoms with Crippen LogP contribution >= 0.6 is 11.8 Å². The summed E-state index contributed by atoms with van der Waals surface area (Å²) in [7, 11) is 0. The zero-order valence-corrected chi connectivity index (χ0v) is 9.64. The predicted octanol–water partition coefficient (Wildman–Crippen LogP) is 1.47. The van der Waals surface area contributed by atoms with Gasteiger partial charge in [-0.15, -0.1) is 0 Å². The van der Waals surface area contributed by atoms with Gasteiger partial charge in [-0.3, -0.25) is 10.2 Å². The number of nitrogens with one attached hydrogen (secondary N) is 1. The van der Waals surface area contributed by atoms with Crippen molar-refractivity contribution < 1.29 is 4.79 Å². The highest BCUT2D eigenvalue weighted by atomic mass is 32.2. The van der Waals surface area contributed by atoms with Crippen molar-refractivity contribution in [2.45, 2.75) is 19.1 Å². The molecule has 1 amide bonds. The summed E-state index contributed by atoms with van der Waals surface area (Å²) in [6.45, 7) is 2.14. The van der Waals surface area contributed by atoms with Gasteiger partial charge in [0.25, 0.3) is 0 Å². The van der Waals surface area contributed by atoms with Gasteiger partial charge in [0.05, 0.1) is 6.42 Å². The van der Waals surface area contributed by atoms with Crippen LogP contribution in [0.15, 0.2) is 24.3 Å². The second-order valence-corrected chi connectivity index (χ2v) is 4.47. The Balaban J connectivity index is 2.52. The average Bonchev–Trinajstić information content (AvgIpc) is 2.28. The van der Waals surface area contributed by atoms with Crippen molar-refractivity contribution in [2.24, 2.45) is 5.84 Å². The van der Waals surface area contributed by atoms with E-state index in [9.17, 15) is 4.79 Å². The van der Waals surface area contributed by atoms with Crippen molar-refractivity contribution in [3.8, 4) is 0 Å². The van der Waals surface area contributed by atoms with Crippen LogP contribution < -0.4 is 11.3 Å². The van der Waals surface area contributed by atoms with E-state index in [-0.39, 0.29) is 5.91 Å². The van der Waals surface area contributed by atoms with Crippen molar-refractivity contribution in [2.75, 3.05) is 5.75 Å². The number of amides is 1. The number of thioether (sulfide) groups is 1. The highest BCUT2D eigenvalue weighted by molar-refractivity contribution is 7.98. The van der Waals surface area contributed by atoms with Gasteiger partial charge in [-0.1, -0.05) is 31.2 Å². The highest BCUT2D eigenvalue weighted by Crippen LogP contribution is 2.12. The molecule has 0 fully saturated rings. The zero-order chi connectivity index (χ0) is 11.1. The first-order valence-corrected chi connectivity index (χ1v) is 6.06. The number of benzene rings is 1. The van der Waals surface area contributed by atoms with Crippen molar-refractivity contribution in [3.63, 3.8) is 0 Å². The van der Waals surface area contributed by atoms with Crippen LogP contribution in [0.1, 0.15) is 18.1 Å². The van der Waals surface area contributed by atoms with Gasteiger partial charge in [-0.2, -0.15) is 11.8 Å². The summed E-state index contributed by atoms with van der Waals surface area (Å²) in [4.78, 5) is 11.0. The molecule has 0 saturated heterocycles. The van der Waals surface area contributed by atoms with Gasteiger partial charge < -0.3 is 0 Å². The number of rotatable bonds is 5. The number of carbonyl (C=O) groups is 1. The van der Waals surface area contributed by atoms with Crippen molar-refractivity contribution in [3.05, 3.63) is 35.4 Å². The topological polar surface area (TPSA) is 55.1 Å². The maximum Gasteiger partial charge on any atom is 0.238 e. The minimum absolute atomic E-state index is 0.161. The van der Waals surface area contributed by atoms with E-state index in [1.54, 1.807) is 0 Å². The molecule has 0 spiro atoms. The first-order valence-electron chi connectivity index (χ1n) is 4.91. The molecule has 0 saturated carbocycles. The standard InChI is InChI=1S/C11H16N2OS/c1-2-15-8-10-5-3-9(4-6-10)7-11(14)13-12/h3-6H,2,7-8,12H2,1H3,(H,13,14). The summed E-state index contributed by atoms with van der Waals surface area (Å²) in [6, 6.07) is 8.06. The summed E-state index contributed by atoms with van der Waals surface area (Å²) >= 11 is 1.89. The lowest BCUT2D eigenvalue weighted by molar-refractivity contribution is -0.120. The van der Waals surface area contributed by atoms with Gasteiger partial charge in [0, 0.05) is 5.75 Å². The Morgan fingerprint density at radius 2 is 1.93 bits per heavy atom. The molecule has 1 rings (SSSR count). The zero-order valence-electron chi connectivity index (χ0n) is 8.82. The summed E-state index contributed by atoms with van der Waals surface area (Å²) < 4.78 is 0. The largest absolute Gasteiger partial charge is 0.294 e. The van der Waals surface area contributed by atoms with E-state index in [4.69, 9.17) is 5.84 Å².